The summed E-state index contributed by atoms with van der Waals surface area (Å²) in [4.78, 5) is 0. The SMILES string of the molecule is [CH2]C1=CC(N)CCO1. The molecule has 0 bridgehead atoms. The zero-order valence-electron chi connectivity index (χ0n) is 4.76. The van der Waals surface area contributed by atoms with E-state index < -0.39 is 0 Å². The van der Waals surface area contributed by atoms with Gasteiger partial charge in [0.1, 0.15) is 0 Å². The van der Waals surface area contributed by atoms with Crippen LogP contribution in [0.1, 0.15) is 6.42 Å². The van der Waals surface area contributed by atoms with Crippen molar-refractivity contribution in [3.63, 3.8) is 0 Å². The van der Waals surface area contributed by atoms with Crippen LogP contribution in [-0.2, 0) is 4.74 Å². The summed E-state index contributed by atoms with van der Waals surface area (Å²) < 4.78 is 5.02. The van der Waals surface area contributed by atoms with Crippen molar-refractivity contribution in [2.45, 2.75) is 12.5 Å². The highest BCUT2D eigenvalue weighted by Crippen LogP contribution is 2.06. The number of allylic oxidation sites excluding steroid dienone is 1. The Morgan fingerprint density at radius 3 is 3.00 bits per heavy atom. The third-order valence-electron chi connectivity index (χ3n) is 1.14. The molecule has 1 aliphatic heterocycles. The molecule has 1 radical (unpaired) electrons. The molecular formula is C6H10NO. The van der Waals surface area contributed by atoms with E-state index in [0.717, 1.165) is 13.0 Å². The standard InChI is InChI=1S/C6H10NO/c1-5-4-6(7)2-3-8-5/h4,6H,1-3,7H2. The van der Waals surface area contributed by atoms with Crippen LogP contribution < -0.4 is 5.73 Å². The van der Waals surface area contributed by atoms with Crippen molar-refractivity contribution in [1.29, 1.82) is 0 Å². The lowest BCUT2D eigenvalue weighted by Crippen LogP contribution is -2.23. The van der Waals surface area contributed by atoms with Crippen LogP contribution >= 0.6 is 0 Å². The maximum atomic E-state index is 5.53. The van der Waals surface area contributed by atoms with E-state index in [4.69, 9.17) is 10.5 Å². The number of ether oxygens (including phenoxy) is 1. The fourth-order valence-corrected chi connectivity index (χ4v) is 0.696. The van der Waals surface area contributed by atoms with E-state index in [2.05, 4.69) is 6.92 Å². The quantitative estimate of drug-likeness (QED) is 0.494. The fraction of sp³-hybridized carbons (Fsp3) is 0.500. The summed E-state index contributed by atoms with van der Waals surface area (Å²) in [6.07, 6.45) is 2.75. The monoisotopic (exact) mass is 112 g/mol. The van der Waals surface area contributed by atoms with Crippen molar-refractivity contribution in [2.75, 3.05) is 6.61 Å². The summed E-state index contributed by atoms with van der Waals surface area (Å²) in [5, 5.41) is 0. The first kappa shape index (κ1) is 5.63. The van der Waals surface area contributed by atoms with E-state index in [0.29, 0.717) is 5.76 Å². The highest BCUT2D eigenvalue weighted by Gasteiger charge is 2.05. The van der Waals surface area contributed by atoms with Crippen LogP contribution in [0.4, 0.5) is 0 Å². The number of rotatable bonds is 0. The Morgan fingerprint density at radius 2 is 2.62 bits per heavy atom. The van der Waals surface area contributed by atoms with E-state index in [1.54, 1.807) is 0 Å². The molecule has 0 spiro atoms. The maximum Gasteiger partial charge on any atom is 0.0939 e. The largest absolute Gasteiger partial charge is 0.498 e. The van der Waals surface area contributed by atoms with Crippen LogP contribution in [0.2, 0.25) is 0 Å². The van der Waals surface area contributed by atoms with Crippen molar-refractivity contribution < 1.29 is 4.74 Å². The van der Waals surface area contributed by atoms with Crippen molar-refractivity contribution in [3.8, 4) is 0 Å². The van der Waals surface area contributed by atoms with Crippen LogP contribution in [0.5, 0.6) is 0 Å². The second-order valence-electron chi connectivity index (χ2n) is 1.93. The molecule has 1 heterocycles. The second kappa shape index (κ2) is 2.18. The van der Waals surface area contributed by atoms with Crippen molar-refractivity contribution >= 4 is 0 Å². The maximum absolute atomic E-state index is 5.53. The molecule has 0 saturated heterocycles. The third kappa shape index (κ3) is 1.23. The average Bonchev–Trinajstić information content (AvgIpc) is 1.64. The van der Waals surface area contributed by atoms with Gasteiger partial charge in [0.05, 0.1) is 12.4 Å². The minimum atomic E-state index is 0.163. The predicted molar refractivity (Wildman–Crippen MR) is 32.0 cm³/mol. The molecule has 8 heavy (non-hydrogen) atoms. The Kier molecular flexibility index (Phi) is 1.53. The van der Waals surface area contributed by atoms with Gasteiger partial charge < -0.3 is 10.5 Å². The molecule has 0 aromatic rings. The van der Waals surface area contributed by atoms with E-state index >= 15 is 0 Å². The summed E-state index contributed by atoms with van der Waals surface area (Å²) in [7, 11) is 0. The highest BCUT2D eigenvalue weighted by atomic mass is 16.5. The lowest BCUT2D eigenvalue weighted by Gasteiger charge is -2.15. The number of hydrogen-bond donors (Lipinski definition) is 1. The molecule has 2 nitrogen and oxygen atoms in total. The zero-order valence-corrected chi connectivity index (χ0v) is 4.76. The Bertz CT molecular complexity index is 109. The summed E-state index contributed by atoms with van der Waals surface area (Å²) in [6, 6.07) is 0.163. The van der Waals surface area contributed by atoms with Gasteiger partial charge in [0.25, 0.3) is 0 Å². The van der Waals surface area contributed by atoms with Gasteiger partial charge in [0, 0.05) is 19.4 Å². The van der Waals surface area contributed by atoms with Crippen LogP contribution in [-0.4, -0.2) is 12.6 Å². The molecule has 45 valence electrons. The van der Waals surface area contributed by atoms with E-state index in [1.165, 1.54) is 0 Å². The molecule has 0 fully saturated rings. The second-order valence-corrected chi connectivity index (χ2v) is 1.93. The van der Waals surface area contributed by atoms with Gasteiger partial charge in [-0.05, 0) is 6.08 Å². The van der Waals surface area contributed by atoms with E-state index in [1.807, 2.05) is 6.08 Å². The van der Waals surface area contributed by atoms with Gasteiger partial charge in [0.2, 0.25) is 0 Å². The molecule has 2 N–H and O–H groups in total. The molecule has 0 amide bonds. The van der Waals surface area contributed by atoms with Gasteiger partial charge in [-0.25, -0.2) is 0 Å². The smallest absolute Gasteiger partial charge is 0.0939 e. The number of hydrogen-bond acceptors (Lipinski definition) is 2. The van der Waals surface area contributed by atoms with E-state index in [9.17, 15) is 0 Å². The van der Waals surface area contributed by atoms with Gasteiger partial charge in [-0.15, -0.1) is 0 Å². The van der Waals surface area contributed by atoms with Crippen molar-refractivity contribution in [1.82, 2.24) is 0 Å². The van der Waals surface area contributed by atoms with Gasteiger partial charge in [-0.1, -0.05) is 0 Å². The lowest BCUT2D eigenvalue weighted by atomic mass is 10.2. The fourth-order valence-electron chi connectivity index (χ4n) is 0.696. The van der Waals surface area contributed by atoms with Gasteiger partial charge >= 0.3 is 0 Å². The molecule has 1 aliphatic rings. The molecule has 1 unspecified atom stereocenters. The Labute approximate surface area is 49.3 Å². The average molecular weight is 112 g/mol. The normalized spacial score (nSPS) is 28.8. The Balaban J connectivity index is 2.50. The summed E-state index contributed by atoms with van der Waals surface area (Å²) in [5.41, 5.74) is 5.53. The van der Waals surface area contributed by atoms with Crippen LogP contribution in [0.25, 0.3) is 0 Å². The highest BCUT2D eigenvalue weighted by molar-refractivity contribution is 5.04. The lowest BCUT2D eigenvalue weighted by molar-refractivity contribution is 0.198. The minimum absolute atomic E-state index is 0.163. The van der Waals surface area contributed by atoms with Gasteiger partial charge in [0.15, 0.2) is 0 Å². The van der Waals surface area contributed by atoms with E-state index in [-0.39, 0.29) is 6.04 Å². The van der Waals surface area contributed by atoms with Gasteiger partial charge in [-0.2, -0.15) is 0 Å². The van der Waals surface area contributed by atoms with Crippen LogP contribution in [0.3, 0.4) is 0 Å². The molecular weight excluding hydrogens is 102 g/mol. The van der Waals surface area contributed by atoms with Gasteiger partial charge in [-0.3, -0.25) is 0 Å². The Hall–Kier alpha value is -0.500. The first-order chi connectivity index (χ1) is 3.79. The molecule has 2 heteroatoms. The molecule has 0 aliphatic carbocycles. The van der Waals surface area contributed by atoms with Crippen LogP contribution in [0, 0.1) is 6.92 Å². The minimum Gasteiger partial charge on any atom is -0.498 e. The molecule has 1 rings (SSSR count). The zero-order chi connectivity index (χ0) is 5.98. The summed E-state index contributed by atoms with van der Waals surface area (Å²) in [6.45, 7) is 4.33. The van der Waals surface area contributed by atoms with Crippen LogP contribution in [0.15, 0.2) is 11.8 Å². The topological polar surface area (TPSA) is 35.2 Å². The molecule has 0 saturated carbocycles. The molecule has 0 aromatic heterocycles. The predicted octanol–water partition coefficient (Wildman–Crippen LogP) is 0.452. The summed E-state index contributed by atoms with van der Waals surface area (Å²) >= 11 is 0. The van der Waals surface area contributed by atoms with Crippen molar-refractivity contribution in [3.05, 3.63) is 18.8 Å². The Morgan fingerprint density at radius 1 is 1.88 bits per heavy atom. The first-order valence-electron chi connectivity index (χ1n) is 2.71. The first-order valence-corrected chi connectivity index (χ1v) is 2.71. The molecule has 1 atom stereocenters. The van der Waals surface area contributed by atoms with Crippen molar-refractivity contribution in [2.24, 2.45) is 5.73 Å². The summed E-state index contributed by atoms with van der Waals surface area (Å²) in [5.74, 6) is 0.712. The third-order valence-corrected chi connectivity index (χ3v) is 1.14. The number of nitrogens with two attached hydrogens (primary N) is 1. The molecule has 0 aromatic carbocycles.